The lowest BCUT2D eigenvalue weighted by Gasteiger charge is -2.19. The number of carbonyl (C=O) groups excluding carboxylic acids is 1. The summed E-state index contributed by atoms with van der Waals surface area (Å²) in [5.41, 5.74) is 4.41. The van der Waals surface area contributed by atoms with E-state index in [1.807, 2.05) is 54.9 Å². The van der Waals surface area contributed by atoms with Crippen molar-refractivity contribution in [3.8, 4) is 5.75 Å². The predicted octanol–water partition coefficient (Wildman–Crippen LogP) is 4.01. The molecule has 0 saturated heterocycles. The molecule has 0 unspecified atom stereocenters. The van der Waals surface area contributed by atoms with Gasteiger partial charge in [-0.15, -0.1) is 0 Å². The number of pyridine rings is 1. The van der Waals surface area contributed by atoms with E-state index in [0.717, 1.165) is 33.1 Å². The molecule has 0 saturated carbocycles. The molecular weight excluding hydrogens is 338 g/mol. The first-order valence-electron chi connectivity index (χ1n) is 8.83. The number of aromatic hydroxyl groups is 1. The molecule has 5 nitrogen and oxygen atoms in total. The van der Waals surface area contributed by atoms with Gasteiger partial charge in [-0.3, -0.25) is 9.78 Å². The quantitative estimate of drug-likeness (QED) is 0.601. The second kappa shape index (κ2) is 6.43. The van der Waals surface area contributed by atoms with Crippen LogP contribution in [-0.2, 0) is 13.6 Å². The zero-order valence-corrected chi connectivity index (χ0v) is 15.6. The highest BCUT2D eigenvalue weighted by molar-refractivity contribution is 6.08. The first-order valence-corrected chi connectivity index (χ1v) is 8.83. The molecule has 5 heteroatoms. The van der Waals surface area contributed by atoms with Gasteiger partial charge in [-0.2, -0.15) is 0 Å². The Morgan fingerprint density at radius 1 is 1.15 bits per heavy atom. The van der Waals surface area contributed by atoms with Gasteiger partial charge in [0.15, 0.2) is 0 Å². The largest absolute Gasteiger partial charge is 0.508 e. The van der Waals surface area contributed by atoms with E-state index in [1.54, 1.807) is 30.3 Å². The van der Waals surface area contributed by atoms with Crippen LogP contribution in [0, 0.1) is 6.92 Å². The van der Waals surface area contributed by atoms with Gasteiger partial charge in [-0.25, -0.2) is 0 Å². The molecular formula is C22H21N3O2. The first kappa shape index (κ1) is 17.1. The van der Waals surface area contributed by atoms with Crippen molar-refractivity contribution in [2.24, 2.45) is 7.05 Å². The number of hydrogen-bond acceptors (Lipinski definition) is 3. The number of nitrogens with zero attached hydrogens (tertiary/aromatic N) is 3. The second-order valence-corrected chi connectivity index (χ2v) is 6.87. The Morgan fingerprint density at radius 2 is 1.96 bits per heavy atom. The highest BCUT2D eigenvalue weighted by Gasteiger charge is 2.22. The number of amides is 1. The minimum Gasteiger partial charge on any atom is -0.508 e. The maximum absolute atomic E-state index is 13.3. The Kier molecular flexibility index (Phi) is 4.07. The number of hydrogen-bond donors (Lipinski definition) is 1. The smallest absolute Gasteiger partial charge is 0.256 e. The predicted molar refractivity (Wildman–Crippen MR) is 107 cm³/mol. The standard InChI is InChI=1S/C22H21N3O2/c1-14-21(18-12-16(26)9-10-20(18)25(14)3)22(27)24(2)13-15-6-4-8-19-17(15)7-5-11-23-19/h4-12,26H,13H2,1-3H3. The number of aromatic nitrogens is 2. The van der Waals surface area contributed by atoms with Crippen LogP contribution >= 0.6 is 0 Å². The molecule has 0 fully saturated rings. The zero-order valence-electron chi connectivity index (χ0n) is 15.6. The highest BCUT2D eigenvalue weighted by Crippen LogP contribution is 2.29. The molecule has 4 rings (SSSR count). The summed E-state index contributed by atoms with van der Waals surface area (Å²) in [6, 6.07) is 15.0. The van der Waals surface area contributed by atoms with E-state index in [4.69, 9.17) is 0 Å². The number of carbonyl (C=O) groups is 1. The van der Waals surface area contributed by atoms with Gasteiger partial charge >= 0.3 is 0 Å². The lowest BCUT2D eigenvalue weighted by atomic mass is 10.1. The van der Waals surface area contributed by atoms with Gasteiger partial charge in [0.25, 0.3) is 5.91 Å². The van der Waals surface area contributed by atoms with Crippen molar-refractivity contribution in [3.63, 3.8) is 0 Å². The van der Waals surface area contributed by atoms with E-state index in [2.05, 4.69) is 4.98 Å². The summed E-state index contributed by atoms with van der Waals surface area (Å²) < 4.78 is 1.98. The van der Waals surface area contributed by atoms with Crippen molar-refractivity contribution in [2.45, 2.75) is 13.5 Å². The first-order chi connectivity index (χ1) is 13.0. The Balaban J connectivity index is 1.74. The molecule has 0 aliphatic carbocycles. The van der Waals surface area contributed by atoms with Crippen molar-refractivity contribution in [1.82, 2.24) is 14.5 Å². The fraction of sp³-hybridized carbons (Fsp3) is 0.182. The van der Waals surface area contributed by atoms with Crippen LogP contribution in [0.1, 0.15) is 21.6 Å². The van der Waals surface area contributed by atoms with Crippen LogP contribution in [0.25, 0.3) is 21.8 Å². The minimum atomic E-state index is -0.0652. The van der Waals surface area contributed by atoms with Crippen LogP contribution in [0.5, 0.6) is 5.75 Å². The molecule has 2 aromatic heterocycles. The summed E-state index contributed by atoms with van der Waals surface area (Å²) in [7, 11) is 3.74. The second-order valence-electron chi connectivity index (χ2n) is 6.87. The Labute approximate surface area is 157 Å². The van der Waals surface area contributed by atoms with Gasteiger partial charge in [0.2, 0.25) is 0 Å². The van der Waals surface area contributed by atoms with Gasteiger partial charge in [0.1, 0.15) is 5.75 Å². The lowest BCUT2D eigenvalue weighted by Crippen LogP contribution is -2.27. The molecule has 27 heavy (non-hydrogen) atoms. The molecule has 2 aromatic carbocycles. The number of rotatable bonds is 3. The maximum Gasteiger partial charge on any atom is 0.256 e. The van der Waals surface area contributed by atoms with Crippen LogP contribution in [0.15, 0.2) is 54.7 Å². The minimum absolute atomic E-state index is 0.0652. The summed E-state index contributed by atoms with van der Waals surface area (Å²) in [5, 5.41) is 11.7. The molecule has 1 amide bonds. The van der Waals surface area contributed by atoms with Crippen molar-refractivity contribution < 1.29 is 9.90 Å². The molecule has 0 bridgehead atoms. The SMILES string of the molecule is Cc1c(C(=O)N(C)Cc2cccc3ncccc23)c2cc(O)ccc2n1C. The summed E-state index contributed by atoms with van der Waals surface area (Å²) in [6.07, 6.45) is 1.77. The molecule has 0 spiro atoms. The number of benzene rings is 2. The Bertz CT molecular complexity index is 1170. The van der Waals surface area contributed by atoms with Crippen LogP contribution < -0.4 is 0 Å². The maximum atomic E-state index is 13.3. The van der Waals surface area contributed by atoms with Gasteiger partial charge < -0.3 is 14.6 Å². The van der Waals surface area contributed by atoms with Gasteiger partial charge in [0.05, 0.1) is 11.1 Å². The summed E-state index contributed by atoms with van der Waals surface area (Å²) in [4.78, 5) is 19.4. The van der Waals surface area contributed by atoms with E-state index in [-0.39, 0.29) is 11.7 Å². The molecule has 2 heterocycles. The Hall–Kier alpha value is -3.34. The normalized spacial score (nSPS) is 11.2. The van der Waals surface area contributed by atoms with E-state index < -0.39 is 0 Å². The number of phenolic OH excluding ortho intramolecular Hbond substituents is 1. The van der Waals surface area contributed by atoms with Crippen LogP contribution in [0.4, 0.5) is 0 Å². The highest BCUT2D eigenvalue weighted by atomic mass is 16.3. The van der Waals surface area contributed by atoms with Crippen molar-refractivity contribution >= 4 is 27.7 Å². The van der Waals surface area contributed by atoms with Crippen molar-refractivity contribution in [1.29, 1.82) is 0 Å². The van der Waals surface area contributed by atoms with E-state index in [1.165, 1.54) is 0 Å². The third-order valence-electron chi connectivity index (χ3n) is 5.18. The molecule has 0 radical (unpaired) electrons. The lowest BCUT2D eigenvalue weighted by molar-refractivity contribution is 0.0786. The number of aryl methyl sites for hydroxylation is 1. The zero-order chi connectivity index (χ0) is 19.1. The average Bonchev–Trinajstić information content (AvgIpc) is 2.91. The van der Waals surface area contributed by atoms with Crippen LogP contribution in [-0.4, -0.2) is 32.5 Å². The van der Waals surface area contributed by atoms with Gasteiger partial charge in [-0.05, 0) is 42.8 Å². The summed E-state index contributed by atoms with van der Waals surface area (Å²) >= 11 is 0. The van der Waals surface area contributed by atoms with Crippen LogP contribution in [0.3, 0.4) is 0 Å². The molecule has 0 atom stereocenters. The fourth-order valence-electron chi connectivity index (χ4n) is 3.65. The third kappa shape index (κ3) is 2.81. The van der Waals surface area contributed by atoms with E-state index in [0.29, 0.717) is 12.1 Å². The number of fused-ring (bicyclic) bond motifs is 2. The summed E-state index contributed by atoms with van der Waals surface area (Å²) in [6.45, 7) is 2.41. The van der Waals surface area contributed by atoms with E-state index >= 15 is 0 Å². The Morgan fingerprint density at radius 3 is 2.78 bits per heavy atom. The van der Waals surface area contributed by atoms with Crippen molar-refractivity contribution in [3.05, 3.63) is 71.5 Å². The molecule has 0 aliphatic rings. The van der Waals surface area contributed by atoms with Gasteiger partial charge in [-0.1, -0.05) is 18.2 Å². The third-order valence-corrected chi connectivity index (χ3v) is 5.18. The monoisotopic (exact) mass is 359 g/mol. The molecule has 0 aliphatic heterocycles. The van der Waals surface area contributed by atoms with Crippen molar-refractivity contribution in [2.75, 3.05) is 7.05 Å². The van der Waals surface area contributed by atoms with Gasteiger partial charge in [0, 0.05) is 48.8 Å². The van der Waals surface area contributed by atoms with Crippen LogP contribution in [0.2, 0.25) is 0 Å². The number of phenols is 1. The van der Waals surface area contributed by atoms with E-state index in [9.17, 15) is 9.90 Å². The average molecular weight is 359 g/mol. The molecule has 1 N–H and O–H groups in total. The molecule has 136 valence electrons. The fourth-order valence-corrected chi connectivity index (χ4v) is 3.65. The summed E-state index contributed by atoms with van der Waals surface area (Å²) in [5.74, 6) is 0.0922. The topological polar surface area (TPSA) is 58.4 Å². The molecule has 4 aromatic rings.